The second kappa shape index (κ2) is 5.91. The number of sulfonamides is 1. The highest BCUT2D eigenvalue weighted by Crippen LogP contribution is 2.25. The van der Waals surface area contributed by atoms with E-state index in [1.807, 2.05) is 20.8 Å². The van der Waals surface area contributed by atoms with Crippen LogP contribution in [0.25, 0.3) is 0 Å². The van der Waals surface area contributed by atoms with E-state index in [9.17, 15) is 8.42 Å². The van der Waals surface area contributed by atoms with Crippen LogP contribution in [0.3, 0.4) is 0 Å². The maximum absolute atomic E-state index is 12.5. The minimum Gasteiger partial charge on any atom is -0.398 e. The van der Waals surface area contributed by atoms with Crippen LogP contribution in [0.2, 0.25) is 5.02 Å². The fourth-order valence-corrected chi connectivity index (χ4v) is 3.68. The largest absolute Gasteiger partial charge is 0.398 e. The molecule has 0 aliphatic heterocycles. The number of nitrogens with two attached hydrogens (primary N) is 1. The van der Waals surface area contributed by atoms with Crippen LogP contribution in [0.4, 0.5) is 5.69 Å². The summed E-state index contributed by atoms with van der Waals surface area (Å²) in [5.41, 5.74) is 5.96. The summed E-state index contributed by atoms with van der Waals surface area (Å²) in [6.45, 7) is 6.14. The quantitative estimate of drug-likeness (QED) is 0.848. The Morgan fingerprint density at radius 2 is 2.00 bits per heavy atom. The molecule has 0 fully saturated rings. The summed E-state index contributed by atoms with van der Waals surface area (Å²) in [7, 11) is -3.51. The molecule has 4 nitrogen and oxygen atoms in total. The van der Waals surface area contributed by atoms with E-state index >= 15 is 0 Å². The van der Waals surface area contributed by atoms with Crippen molar-refractivity contribution >= 4 is 27.3 Å². The highest BCUT2D eigenvalue weighted by atomic mass is 35.5. The maximum atomic E-state index is 12.5. The summed E-state index contributed by atoms with van der Waals surface area (Å²) < 4.78 is 26.4. The van der Waals surface area contributed by atoms with Crippen molar-refractivity contribution in [3.8, 4) is 0 Å². The van der Waals surface area contributed by atoms with E-state index in [1.165, 1.54) is 22.5 Å². The molecule has 2 N–H and O–H groups in total. The molecular weight excluding hydrogens is 272 g/mol. The Labute approximate surface area is 114 Å². The Balaban J connectivity index is 3.22. The van der Waals surface area contributed by atoms with Gasteiger partial charge >= 0.3 is 0 Å². The lowest BCUT2D eigenvalue weighted by molar-refractivity contribution is 0.354. The van der Waals surface area contributed by atoms with Gasteiger partial charge in [-0.2, -0.15) is 4.31 Å². The number of rotatable bonds is 5. The van der Waals surface area contributed by atoms with Crippen LogP contribution < -0.4 is 5.73 Å². The molecule has 0 amide bonds. The van der Waals surface area contributed by atoms with Crippen molar-refractivity contribution in [1.82, 2.24) is 4.31 Å². The third kappa shape index (κ3) is 3.16. The lowest BCUT2D eigenvalue weighted by Crippen LogP contribution is -2.37. The molecule has 0 heterocycles. The fourth-order valence-electron chi connectivity index (χ4n) is 1.68. The molecule has 1 aromatic carbocycles. The topological polar surface area (TPSA) is 63.4 Å². The van der Waals surface area contributed by atoms with Gasteiger partial charge in [-0.15, -0.1) is 0 Å². The second-order valence-corrected chi connectivity index (χ2v) is 6.69. The minimum atomic E-state index is -3.51. The molecule has 0 aromatic heterocycles. The molecule has 0 radical (unpaired) electrons. The number of benzene rings is 1. The third-order valence-electron chi connectivity index (χ3n) is 2.60. The maximum Gasteiger partial charge on any atom is 0.243 e. The summed E-state index contributed by atoms with van der Waals surface area (Å²) >= 11 is 5.87. The molecule has 0 unspecified atom stereocenters. The molecule has 0 saturated heterocycles. The van der Waals surface area contributed by atoms with E-state index in [0.717, 1.165) is 6.42 Å². The molecular formula is C12H19ClN2O2S. The van der Waals surface area contributed by atoms with Crippen LogP contribution in [-0.4, -0.2) is 25.3 Å². The summed E-state index contributed by atoms with van der Waals surface area (Å²) in [5, 5.41) is 0.260. The van der Waals surface area contributed by atoms with Crippen LogP contribution in [-0.2, 0) is 10.0 Å². The van der Waals surface area contributed by atoms with E-state index < -0.39 is 10.0 Å². The van der Waals surface area contributed by atoms with Gasteiger partial charge in [-0.05, 0) is 38.5 Å². The molecule has 0 saturated carbocycles. The van der Waals surface area contributed by atoms with Crippen LogP contribution >= 0.6 is 11.6 Å². The van der Waals surface area contributed by atoms with Crippen molar-refractivity contribution in [3.63, 3.8) is 0 Å². The second-order valence-electron chi connectivity index (χ2n) is 4.39. The highest BCUT2D eigenvalue weighted by molar-refractivity contribution is 7.89. The van der Waals surface area contributed by atoms with Crippen molar-refractivity contribution in [2.75, 3.05) is 12.3 Å². The number of hydrogen-bond donors (Lipinski definition) is 1. The normalized spacial score (nSPS) is 12.3. The Bertz CT molecular complexity index is 515. The minimum absolute atomic E-state index is 0.0914. The summed E-state index contributed by atoms with van der Waals surface area (Å²) in [5.74, 6) is 0. The van der Waals surface area contributed by atoms with Gasteiger partial charge < -0.3 is 5.73 Å². The third-order valence-corrected chi connectivity index (χ3v) is 5.00. The summed E-state index contributed by atoms with van der Waals surface area (Å²) in [6.07, 6.45) is 0.764. The van der Waals surface area contributed by atoms with Crippen molar-refractivity contribution in [2.24, 2.45) is 0 Å². The standard InChI is InChI=1S/C12H19ClN2O2S/c1-4-7-15(9(2)3)18(16,17)10-5-6-12(14)11(13)8-10/h5-6,8-9H,4,7,14H2,1-3H3. The van der Waals surface area contributed by atoms with Gasteiger partial charge in [0.1, 0.15) is 0 Å². The predicted molar refractivity (Wildman–Crippen MR) is 75.2 cm³/mol. The number of hydrogen-bond acceptors (Lipinski definition) is 3. The van der Waals surface area contributed by atoms with Crippen molar-refractivity contribution in [3.05, 3.63) is 23.2 Å². The van der Waals surface area contributed by atoms with Crippen LogP contribution in [0.1, 0.15) is 27.2 Å². The highest BCUT2D eigenvalue weighted by Gasteiger charge is 2.26. The Kier molecular flexibility index (Phi) is 5.01. The molecule has 0 aliphatic rings. The zero-order chi connectivity index (χ0) is 13.9. The lowest BCUT2D eigenvalue weighted by Gasteiger charge is -2.25. The predicted octanol–water partition coefficient (Wildman–Crippen LogP) is 2.73. The first kappa shape index (κ1) is 15.3. The van der Waals surface area contributed by atoms with Crippen LogP contribution in [0.15, 0.2) is 23.1 Å². The number of nitrogen functional groups attached to an aromatic ring is 1. The first-order chi connectivity index (χ1) is 8.30. The first-order valence-corrected chi connectivity index (χ1v) is 7.69. The van der Waals surface area contributed by atoms with Crippen molar-refractivity contribution in [2.45, 2.75) is 38.1 Å². The van der Waals surface area contributed by atoms with Gasteiger partial charge in [0.2, 0.25) is 10.0 Å². The Hall–Kier alpha value is -0.780. The molecule has 18 heavy (non-hydrogen) atoms. The van der Waals surface area contributed by atoms with E-state index in [0.29, 0.717) is 12.2 Å². The van der Waals surface area contributed by atoms with Crippen molar-refractivity contribution in [1.29, 1.82) is 0 Å². The monoisotopic (exact) mass is 290 g/mol. The van der Waals surface area contributed by atoms with E-state index in [2.05, 4.69) is 0 Å². The van der Waals surface area contributed by atoms with Gasteiger partial charge in [-0.3, -0.25) is 0 Å². The Morgan fingerprint density at radius 1 is 1.39 bits per heavy atom. The zero-order valence-electron chi connectivity index (χ0n) is 10.9. The van der Waals surface area contributed by atoms with E-state index in [1.54, 1.807) is 0 Å². The van der Waals surface area contributed by atoms with Gasteiger partial charge in [0.25, 0.3) is 0 Å². The van der Waals surface area contributed by atoms with Gasteiger partial charge in [0.15, 0.2) is 0 Å². The Morgan fingerprint density at radius 3 is 2.44 bits per heavy atom. The summed E-state index contributed by atoms with van der Waals surface area (Å²) in [4.78, 5) is 0.184. The average Bonchev–Trinajstić information content (AvgIpc) is 2.28. The molecule has 0 aliphatic carbocycles. The summed E-state index contributed by atoms with van der Waals surface area (Å²) in [6, 6.07) is 4.31. The molecule has 0 atom stereocenters. The molecule has 0 bridgehead atoms. The van der Waals surface area contributed by atoms with E-state index in [4.69, 9.17) is 17.3 Å². The average molecular weight is 291 g/mol. The van der Waals surface area contributed by atoms with Gasteiger partial charge in [-0.1, -0.05) is 18.5 Å². The molecule has 102 valence electrons. The number of halogens is 1. The van der Waals surface area contributed by atoms with Crippen molar-refractivity contribution < 1.29 is 8.42 Å². The van der Waals surface area contributed by atoms with Gasteiger partial charge in [0.05, 0.1) is 15.6 Å². The van der Waals surface area contributed by atoms with E-state index in [-0.39, 0.29) is 16.0 Å². The first-order valence-electron chi connectivity index (χ1n) is 5.87. The van der Waals surface area contributed by atoms with Gasteiger partial charge in [-0.25, -0.2) is 8.42 Å². The van der Waals surface area contributed by atoms with Crippen LogP contribution in [0, 0.1) is 0 Å². The number of anilines is 1. The SMILES string of the molecule is CCCN(C(C)C)S(=O)(=O)c1ccc(N)c(Cl)c1. The lowest BCUT2D eigenvalue weighted by atomic mass is 10.3. The van der Waals surface area contributed by atoms with Crippen LogP contribution in [0.5, 0.6) is 0 Å². The molecule has 1 aromatic rings. The number of nitrogens with zero attached hydrogens (tertiary/aromatic N) is 1. The molecule has 6 heteroatoms. The van der Waals surface area contributed by atoms with Gasteiger partial charge in [0, 0.05) is 12.6 Å². The molecule has 1 rings (SSSR count). The zero-order valence-corrected chi connectivity index (χ0v) is 12.4. The smallest absolute Gasteiger partial charge is 0.243 e. The fraction of sp³-hybridized carbons (Fsp3) is 0.500. The molecule has 0 spiro atoms.